The van der Waals surface area contributed by atoms with Gasteiger partial charge in [0.05, 0.1) is 0 Å². The molecule has 0 spiro atoms. The predicted molar refractivity (Wildman–Crippen MR) is 74.1 cm³/mol. The molecule has 1 N–H and O–H groups in total. The summed E-state index contributed by atoms with van der Waals surface area (Å²) in [5.74, 6) is 0. The molecule has 1 heterocycles. The van der Waals surface area contributed by atoms with Gasteiger partial charge in [-0.15, -0.1) is 11.3 Å². The summed E-state index contributed by atoms with van der Waals surface area (Å²) in [6, 6.07) is 7.05. The van der Waals surface area contributed by atoms with E-state index < -0.39 is 11.2 Å². The van der Waals surface area contributed by atoms with Crippen LogP contribution in [0.2, 0.25) is 5.02 Å². The van der Waals surface area contributed by atoms with E-state index in [0.717, 1.165) is 5.56 Å². The summed E-state index contributed by atoms with van der Waals surface area (Å²) in [5.41, 5.74) is 0.957. The van der Waals surface area contributed by atoms with Gasteiger partial charge in [0.2, 0.25) is 0 Å². The number of halogens is 4. The van der Waals surface area contributed by atoms with Crippen molar-refractivity contribution in [2.75, 3.05) is 7.05 Å². The summed E-state index contributed by atoms with van der Waals surface area (Å²) in [5, 5.41) is 2.80. The molecule has 0 amide bonds. The van der Waals surface area contributed by atoms with Crippen LogP contribution in [0.1, 0.15) is 21.5 Å². The summed E-state index contributed by atoms with van der Waals surface area (Å²) in [7, 11) is 1.71. The van der Waals surface area contributed by atoms with Crippen LogP contribution in [0.3, 0.4) is 0 Å². The normalized spacial score (nSPS) is 13.4. The second-order valence-corrected chi connectivity index (χ2v) is 5.74. The van der Waals surface area contributed by atoms with Crippen LogP contribution in [0.15, 0.2) is 30.5 Å². The Morgan fingerprint density at radius 3 is 2.70 bits per heavy atom. The monoisotopic (exact) mass is 320 g/mol. The average molecular weight is 321 g/mol. The zero-order valence-electron chi connectivity index (χ0n) is 10.5. The smallest absolute Gasteiger partial charge is 0.312 e. The first-order valence-corrected chi connectivity index (χ1v) is 7.04. The largest absolute Gasteiger partial charge is 0.443 e. The van der Waals surface area contributed by atoms with Crippen LogP contribution in [0.25, 0.3) is 0 Å². The van der Waals surface area contributed by atoms with Crippen LogP contribution in [0, 0.1) is 0 Å². The van der Waals surface area contributed by atoms with Crippen LogP contribution < -0.4 is 5.32 Å². The minimum Gasteiger partial charge on any atom is -0.312 e. The number of hydrogen-bond donors (Lipinski definition) is 1. The number of benzene rings is 1. The number of hydrogen-bond acceptors (Lipinski definition) is 3. The van der Waals surface area contributed by atoms with Crippen LogP contribution in [0.5, 0.6) is 0 Å². The van der Waals surface area contributed by atoms with Crippen LogP contribution in [-0.4, -0.2) is 12.0 Å². The molecular weight excluding hydrogens is 309 g/mol. The molecular formula is C13H12ClF3N2S. The lowest BCUT2D eigenvalue weighted by Crippen LogP contribution is -2.17. The van der Waals surface area contributed by atoms with Crippen LogP contribution >= 0.6 is 22.9 Å². The van der Waals surface area contributed by atoms with Gasteiger partial charge in [-0.1, -0.05) is 23.7 Å². The van der Waals surface area contributed by atoms with Crippen molar-refractivity contribution in [3.63, 3.8) is 0 Å². The quantitative estimate of drug-likeness (QED) is 0.907. The molecule has 0 aliphatic heterocycles. The van der Waals surface area contributed by atoms with E-state index in [1.54, 1.807) is 19.2 Å². The third kappa shape index (κ3) is 3.71. The molecule has 0 bridgehead atoms. The van der Waals surface area contributed by atoms with Crippen LogP contribution in [0.4, 0.5) is 13.2 Å². The minimum absolute atomic E-state index is 0.220. The molecule has 2 rings (SSSR count). The van der Waals surface area contributed by atoms with E-state index in [2.05, 4.69) is 10.3 Å². The fraction of sp³-hybridized carbons (Fsp3) is 0.308. The van der Waals surface area contributed by atoms with Gasteiger partial charge in [-0.2, -0.15) is 13.2 Å². The van der Waals surface area contributed by atoms with Crippen molar-refractivity contribution in [1.82, 2.24) is 10.3 Å². The van der Waals surface area contributed by atoms with Gasteiger partial charge in [0, 0.05) is 22.1 Å². The molecule has 0 aliphatic carbocycles. The highest BCUT2D eigenvalue weighted by Gasteiger charge is 2.35. The first-order valence-electron chi connectivity index (χ1n) is 5.85. The highest BCUT2D eigenvalue weighted by Crippen LogP contribution is 2.35. The van der Waals surface area contributed by atoms with Crippen molar-refractivity contribution in [3.05, 3.63) is 50.9 Å². The van der Waals surface area contributed by atoms with Gasteiger partial charge in [0.25, 0.3) is 0 Å². The van der Waals surface area contributed by atoms with Gasteiger partial charge in [0.15, 0.2) is 5.01 Å². The summed E-state index contributed by atoms with van der Waals surface area (Å²) < 4.78 is 37.7. The second kappa shape index (κ2) is 6.11. The van der Waals surface area contributed by atoms with Crippen molar-refractivity contribution in [3.8, 4) is 0 Å². The van der Waals surface area contributed by atoms with Crippen molar-refractivity contribution in [2.45, 2.75) is 18.6 Å². The molecule has 1 unspecified atom stereocenters. The number of alkyl halides is 3. The topological polar surface area (TPSA) is 24.9 Å². The number of likely N-dealkylation sites (N-methyl/N-ethyl adjacent to an activating group) is 1. The lowest BCUT2D eigenvalue weighted by Gasteiger charge is -2.14. The molecule has 0 saturated carbocycles. The van der Waals surface area contributed by atoms with E-state index in [1.807, 2.05) is 12.1 Å². The van der Waals surface area contributed by atoms with Gasteiger partial charge in [-0.3, -0.25) is 0 Å². The Morgan fingerprint density at radius 1 is 1.40 bits per heavy atom. The van der Waals surface area contributed by atoms with Gasteiger partial charge in [-0.05, 0) is 31.2 Å². The average Bonchev–Trinajstić information content (AvgIpc) is 2.85. The fourth-order valence-corrected chi connectivity index (χ4v) is 2.93. The van der Waals surface area contributed by atoms with E-state index in [-0.39, 0.29) is 6.04 Å². The molecule has 108 valence electrons. The molecule has 1 aromatic heterocycles. The van der Waals surface area contributed by atoms with Gasteiger partial charge in [-0.25, -0.2) is 4.98 Å². The standard InChI is InChI=1S/C13H12ClF3N2S/c1-18-10(6-8-3-2-4-9(14)5-8)11-7-19-12(20-11)13(15,16)17/h2-5,7,10,18H,6H2,1H3. The molecule has 0 fully saturated rings. The highest BCUT2D eigenvalue weighted by molar-refractivity contribution is 7.11. The molecule has 0 saturated heterocycles. The van der Waals surface area contributed by atoms with Gasteiger partial charge >= 0.3 is 6.18 Å². The number of rotatable bonds is 4. The molecule has 20 heavy (non-hydrogen) atoms. The molecule has 1 atom stereocenters. The minimum atomic E-state index is -4.39. The van der Waals surface area contributed by atoms with E-state index >= 15 is 0 Å². The molecule has 2 nitrogen and oxygen atoms in total. The maximum atomic E-state index is 12.6. The SMILES string of the molecule is CNC(Cc1cccc(Cl)c1)c1cnc(C(F)(F)F)s1. The molecule has 2 aromatic rings. The lowest BCUT2D eigenvalue weighted by atomic mass is 10.1. The molecule has 0 aliphatic rings. The Balaban J connectivity index is 2.18. The van der Waals surface area contributed by atoms with Crippen molar-refractivity contribution in [1.29, 1.82) is 0 Å². The molecule has 1 aromatic carbocycles. The second-order valence-electron chi connectivity index (χ2n) is 4.24. The third-order valence-electron chi connectivity index (χ3n) is 2.79. The zero-order valence-corrected chi connectivity index (χ0v) is 12.1. The molecule has 0 radical (unpaired) electrons. The van der Waals surface area contributed by atoms with E-state index in [1.165, 1.54) is 6.20 Å². The van der Waals surface area contributed by atoms with Gasteiger partial charge in [0.1, 0.15) is 0 Å². The van der Waals surface area contributed by atoms with E-state index in [0.29, 0.717) is 27.7 Å². The van der Waals surface area contributed by atoms with Crippen LogP contribution in [-0.2, 0) is 12.6 Å². The highest BCUT2D eigenvalue weighted by atomic mass is 35.5. The first-order chi connectivity index (χ1) is 9.40. The van der Waals surface area contributed by atoms with Crippen molar-refractivity contribution in [2.24, 2.45) is 0 Å². The Morgan fingerprint density at radius 2 is 2.15 bits per heavy atom. The first kappa shape index (κ1) is 15.3. The van der Waals surface area contributed by atoms with Crippen molar-refractivity contribution >= 4 is 22.9 Å². The Bertz CT molecular complexity index is 583. The lowest BCUT2D eigenvalue weighted by molar-refractivity contribution is -0.137. The Labute approximate surface area is 123 Å². The maximum Gasteiger partial charge on any atom is 0.443 e. The molecule has 7 heteroatoms. The Hall–Kier alpha value is -1.11. The van der Waals surface area contributed by atoms with E-state index in [9.17, 15) is 13.2 Å². The van der Waals surface area contributed by atoms with Gasteiger partial charge < -0.3 is 5.32 Å². The zero-order chi connectivity index (χ0) is 14.8. The Kier molecular flexibility index (Phi) is 4.67. The van der Waals surface area contributed by atoms with E-state index in [4.69, 9.17) is 11.6 Å². The van der Waals surface area contributed by atoms with Crippen molar-refractivity contribution < 1.29 is 13.2 Å². The number of nitrogens with one attached hydrogen (secondary N) is 1. The number of aromatic nitrogens is 1. The maximum absolute atomic E-state index is 12.6. The summed E-state index contributed by atoms with van der Waals surface area (Å²) in [4.78, 5) is 4.00. The third-order valence-corrected chi connectivity index (χ3v) is 4.18. The fourth-order valence-electron chi connectivity index (χ4n) is 1.82. The number of thiazole rings is 1. The number of nitrogens with zero attached hydrogens (tertiary/aromatic N) is 1. The summed E-state index contributed by atoms with van der Waals surface area (Å²) in [6.45, 7) is 0. The summed E-state index contributed by atoms with van der Waals surface area (Å²) >= 11 is 6.57. The predicted octanol–water partition coefficient (Wildman–Crippen LogP) is 4.32. The summed E-state index contributed by atoms with van der Waals surface area (Å²) in [6.07, 6.45) is -2.56.